The van der Waals surface area contributed by atoms with Crippen molar-refractivity contribution in [2.24, 2.45) is 0 Å². The lowest BCUT2D eigenvalue weighted by Crippen LogP contribution is -2.50. The molecule has 0 spiro atoms. The second-order valence-electron chi connectivity index (χ2n) is 5.23. The molecule has 0 atom stereocenters. The first-order valence-corrected chi connectivity index (χ1v) is 7.19. The van der Waals surface area contributed by atoms with Crippen LogP contribution in [0.5, 0.6) is 5.75 Å². The van der Waals surface area contributed by atoms with E-state index in [9.17, 15) is 22.8 Å². The van der Waals surface area contributed by atoms with Gasteiger partial charge in [0, 0.05) is 19.1 Å². The summed E-state index contributed by atoms with van der Waals surface area (Å²) in [4.78, 5) is 24.4. The quantitative estimate of drug-likeness (QED) is 0.915. The van der Waals surface area contributed by atoms with Gasteiger partial charge >= 0.3 is 12.1 Å². The molecule has 5 nitrogen and oxygen atoms in total. The fraction of sp³-hybridized carbons (Fsp3) is 0.467. The van der Waals surface area contributed by atoms with E-state index in [0.717, 1.165) is 0 Å². The molecule has 2 rings (SSSR count). The van der Waals surface area contributed by atoms with Gasteiger partial charge in [-0.15, -0.1) is 0 Å². The van der Waals surface area contributed by atoms with Crippen LogP contribution in [-0.4, -0.2) is 48.6 Å². The zero-order chi connectivity index (χ0) is 16.9. The third kappa shape index (κ3) is 5.15. The van der Waals surface area contributed by atoms with Crippen LogP contribution in [0.2, 0.25) is 0 Å². The van der Waals surface area contributed by atoms with Crippen molar-refractivity contribution in [3.05, 3.63) is 30.3 Å². The Morgan fingerprint density at radius 2 is 1.78 bits per heavy atom. The average molecular weight is 330 g/mol. The fourth-order valence-electron chi connectivity index (χ4n) is 2.29. The highest BCUT2D eigenvalue weighted by molar-refractivity contribution is 5.82. The molecule has 23 heavy (non-hydrogen) atoms. The molecule has 126 valence electrons. The Bertz CT molecular complexity index is 541. The lowest BCUT2D eigenvalue weighted by Gasteiger charge is -2.32. The molecule has 1 saturated heterocycles. The number of amides is 2. The van der Waals surface area contributed by atoms with E-state index in [1.54, 1.807) is 24.3 Å². The Hall–Kier alpha value is -2.25. The smallest absolute Gasteiger partial charge is 0.471 e. The van der Waals surface area contributed by atoms with Gasteiger partial charge in [0.1, 0.15) is 5.75 Å². The van der Waals surface area contributed by atoms with Crippen LogP contribution < -0.4 is 10.1 Å². The van der Waals surface area contributed by atoms with Gasteiger partial charge in [-0.05, 0) is 25.0 Å². The summed E-state index contributed by atoms with van der Waals surface area (Å²) >= 11 is 0. The summed E-state index contributed by atoms with van der Waals surface area (Å²) in [6, 6.07) is 8.29. The number of ether oxygens (including phenoxy) is 1. The summed E-state index contributed by atoms with van der Waals surface area (Å²) in [7, 11) is 0. The number of likely N-dealkylation sites (tertiary alicyclic amines) is 1. The molecule has 1 heterocycles. The molecule has 1 N–H and O–H groups in total. The Morgan fingerprint density at radius 3 is 2.35 bits per heavy atom. The van der Waals surface area contributed by atoms with E-state index in [1.807, 2.05) is 11.4 Å². The lowest BCUT2D eigenvalue weighted by molar-refractivity contribution is -0.174. The highest BCUT2D eigenvalue weighted by Gasteiger charge is 2.40. The van der Waals surface area contributed by atoms with Crippen LogP contribution in [0.25, 0.3) is 0 Å². The van der Waals surface area contributed by atoms with E-state index >= 15 is 0 Å². The predicted molar refractivity (Wildman–Crippen MR) is 75.7 cm³/mol. The Labute approximate surface area is 131 Å². The maximum Gasteiger partial charge on any atom is 0.471 e. The molecule has 1 aliphatic heterocycles. The minimum atomic E-state index is -4.88. The van der Waals surface area contributed by atoms with E-state index in [4.69, 9.17) is 4.74 Å². The van der Waals surface area contributed by atoms with Crippen molar-refractivity contribution in [3.8, 4) is 5.75 Å². The molecule has 1 aromatic rings. The van der Waals surface area contributed by atoms with Crippen molar-refractivity contribution >= 4 is 11.8 Å². The highest BCUT2D eigenvalue weighted by Crippen LogP contribution is 2.17. The third-order valence-corrected chi connectivity index (χ3v) is 3.55. The van der Waals surface area contributed by atoms with Crippen LogP contribution >= 0.6 is 0 Å². The number of benzene rings is 1. The van der Waals surface area contributed by atoms with Gasteiger partial charge in [-0.3, -0.25) is 9.59 Å². The molecule has 0 radical (unpaired) electrons. The topological polar surface area (TPSA) is 58.6 Å². The van der Waals surface area contributed by atoms with Crippen LogP contribution in [-0.2, 0) is 9.59 Å². The molecule has 0 aliphatic carbocycles. The summed E-state index contributed by atoms with van der Waals surface area (Å²) in [5.41, 5.74) is 0. The van der Waals surface area contributed by atoms with E-state index < -0.39 is 18.1 Å². The number of hydrogen-bond acceptors (Lipinski definition) is 3. The molecular weight excluding hydrogens is 313 g/mol. The van der Waals surface area contributed by atoms with E-state index in [-0.39, 0.29) is 12.5 Å². The van der Waals surface area contributed by atoms with Gasteiger partial charge in [0.05, 0.1) is 0 Å². The van der Waals surface area contributed by atoms with Gasteiger partial charge in [-0.25, -0.2) is 0 Å². The SMILES string of the molecule is O=C(COc1ccccc1)N1CCC(NC(=O)C(F)(F)F)CC1. The number of piperidine rings is 1. The van der Waals surface area contributed by atoms with Crippen molar-refractivity contribution in [1.29, 1.82) is 0 Å². The van der Waals surface area contributed by atoms with Gasteiger partial charge in [-0.2, -0.15) is 13.2 Å². The van der Waals surface area contributed by atoms with Gasteiger partial charge in [0.15, 0.2) is 6.61 Å². The summed E-state index contributed by atoms with van der Waals surface area (Å²) in [5.74, 6) is -1.59. The number of carbonyl (C=O) groups excluding carboxylic acids is 2. The zero-order valence-electron chi connectivity index (χ0n) is 12.3. The number of alkyl halides is 3. The molecule has 0 saturated carbocycles. The molecule has 0 aromatic heterocycles. The fourth-order valence-corrected chi connectivity index (χ4v) is 2.29. The number of nitrogens with one attached hydrogen (secondary N) is 1. The second-order valence-corrected chi connectivity index (χ2v) is 5.23. The molecule has 1 fully saturated rings. The Balaban J connectivity index is 1.73. The molecular formula is C15H17F3N2O3. The van der Waals surface area contributed by atoms with Gasteiger partial charge < -0.3 is 15.0 Å². The number of carbonyl (C=O) groups is 2. The summed E-state index contributed by atoms with van der Waals surface area (Å²) < 4.78 is 41.9. The third-order valence-electron chi connectivity index (χ3n) is 3.55. The van der Waals surface area contributed by atoms with Crippen molar-refractivity contribution in [2.75, 3.05) is 19.7 Å². The minimum absolute atomic E-state index is 0.121. The number of nitrogens with zero attached hydrogens (tertiary/aromatic N) is 1. The number of rotatable bonds is 4. The molecule has 1 aliphatic rings. The second kappa shape index (κ2) is 7.34. The predicted octanol–water partition coefficient (Wildman–Crippen LogP) is 1.73. The van der Waals surface area contributed by atoms with Gasteiger partial charge in [0.2, 0.25) is 0 Å². The van der Waals surface area contributed by atoms with Crippen molar-refractivity contribution in [1.82, 2.24) is 10.2 Å². The van der Waals surface area contributed by atoms with Crippen LogP contribution in [0, 0.1) is 0 Å². The minimum Gasteiger partial charge on any atom is -0.484 e. The van der Waals surface area contributed by atoms with Crippen LogP contribution in [0.1, 0.15) is 12.8 Å². The molecule has 0 unspecified atom stereocenters. The van der Waals surface area contributed by atoms with Crippen molar-refractivity contribution in [3.63, 3.8) is 0 Å². The largest absolute Gasteiger partial charge is 0.484 e. The van der Waals surface area contributed by atoms with E-state index in [2.05, 4.69) is 0 Å². The maximum atomic E-state index is 12.2. The standard InChI is InChI=1S/C15H17F3N2O3/c16-15(17,18)14(22)19-11-6-8-20(9-7-11)13(21)10-23-12-4-2-1-3-5-12/h1-5,11H,6-10H2,(H,19,22). The van der Waals surface area contributed by atoms with Crippen LogP contribution in [0.3, 0.4) is 0 Å². The van der Waals surface area contributed by atoms with E-state index in [0.29, 0.717) is 31.7 Å². The maximum absolute atomic E-state index is 12.2. The Morgan fingerprint density at radius 1 is 1.17 bits per heavy atom. The summed E-state index contributed by atoms with van der Waals surface area (Å²) in [6.07, 6.45) is -4.30. The first kappa shape index (κ1) is 17.1. The van der Waals surface area contributed by atoms with Gasteiger partial charge in [0.25, 0.3) is 5.91 Å². The lowest BCUT2D eigenvalue weighted by atomic mass is 10.0. The molecule has 2 amide bonds. The first-order chi connectivity index (χ1) is 10.9. The zero-order valence-corrected chi connectivity index (χ0v) is 12.3. The normalized spacial score (nSPS) is 16.0. The molecule has 1 aromatic carbocycles. The molecule has 8 heteroatoms. The van der Waals surface area contributed by atoms with Crippen molar-refractivity contribution in [2.45, 2.75) is 25.1 Å². The van der Waals surface area contributed by atoms with Crippen LogP contribution in [0.15, 0.2) is 30.3 Å². The number of hydrogen-bond donors (Lipinski definition) is 1. The summed E-state index contributed by atoms with van der Waals surface area (Å²) in [6.45, 7) is 0.461. The Kier molecular flexibility index (Phi) is 5.46. The summed E-state index contributed by atoms with van der Waals surface area (Å²) in [5, 5.41) is 1.94. The number of para-hydroxylation sites is 1. The number of halogens is 3. The monoisotopic (exact) mass is 330 g/mol. The van der Waals surface area contributed by atoms with Crippen LogP contribution in [0.4, 0.5) is 13.2 Å². The average Bonchev–Trinajstić information content (AvgIpc) is 2.53. The van der Waals surface area contributed by atoms with Crippen molar-refractivity contribution < 1.29 is 27.5 Å². The highest BCUT2D eigenvalue weighted by atomic mass is 19.4. The van der Waals surface area contributed by atoms with E-state index in [1.165, 1.54) is 4.90 Å². The first-order valence-electron chi connectivity index (χ1n) is 7.19. The molecule has 0 bridgehead atoms. The van der Waals surface area contributed by atoms with Gasteiger partial charge in [-0.1, -0.05) is 18.2 Å².